The van der Waals surface area contributed by atoms with E-state index in [0.717, 1.165) is 43.6 Å². The summed E-state index contributed by atoms with van der Waals surface area (Å²) < 4.78 is 0. The van der Waals surface area contributed by atoms with Gasteiger partial charge >= 0.3 is 0 Å². The number of amides is 2. The lowest BCUT2D eigenvalue weighted by Crippen LogP contribution is -2.33. The number of carbonyl (C=O) groups is 2. The molecule has 0 saturated carbocycles. The lowest BCUT2D eigenvalue weighted by Gasteiger charge is -2.31. The van der Waals surface area contributed by atoms with E-state index in [1.54, 1.807) is 0 Å². The fourth-order valence-electron chi connectivity index (χ4n) is 3.76. The molecule has 5 nitrogen and oxygen atoms in total. The van der Waals surface area contributed by atoms with Gasteiger partial charge in [0.15, 0.2) is 0 Å². The molecule has 1 saturated heterocycles. The molecule has 2 N–H and O–H groups in total. The fraction of sp³-hybridized carbons (Fsp3) is 0.417. The largest absolute Gasteiger partial charge is 0.371 e. The summed E-state index contributed by atoms with van der Waals surface area (Å²) >= 11 is 0. The number of hydrogen-bond donors (Lipinski definition) is 2. The molecule has 0 aromatic heterocycles. The number of nitrogens with zero attached hydrogens (tertiary/aromatic N) is 1. The molecule has 1 aliphatic rings. The van der Waals surface area contributed by atoms with Gasteiger partial charge < -0.3 is 15.5 Å². The van der Waals surface area contributed by atoms with Gasteiger partial charge in [-0.1, -0.05) is 37.3 Å². The topological polar surface area (TPSA) is 61.4 Å². The second-order valence-electron chi connectivity index (χ2n) is 7.68. The quantitative estimate of drug-likeness (QED) is 0.703. The van der Waals surface area contributed by atoms with Crippen molar-refractivity contribution in [2.75, 3.05) is 23.3 Å². The monoisotopic (exact) mass is 393 g/mol. The van der Waals surface area contributed by atoms with E-state index in [4.69, 9.17) is 0 Å². The van der Waals surface area contributed by atoms with Crippen LogP contribution in [0.3, 0.4) is 0 Å². The lowest BCUT2D eigenvalue weighted by atomic mass is 10.0. The van der Waals surface area contributed by atoms with Gasteiger partial charge in [-0.05, 0) is 56.4 Å². The molecule has 0 spiro atoms. The minimum Gasteiger partial charge on any atom is -0.371 e. The van der Waals surface area contributed by atoms with Gasteiger partial charge in [0.2, 0.25) is 5.91 Å². The van der Waals surface area contributed by atoms with Crippen molar-refractivity contribution in [2.24, 2.45) is 0 Å². The zero-order valence-corrected chi connectivity index (χ0v) is 17.4. The summed E-state index contributed by atoms with van der Waals surface area (Å²) in [6.07, 6.45) is 4.77. The third-order valence-corrected chi connectivity index (χ3v) is 5.35. The maximum absolute atomic E-state index is 13.2. The smallest absolute Gasteiger partial charge is 0.253 e. The summed E-state index contributed by atoms with van der Waals surface area (Å²) in [6, 6.07) is 15.5. The van der Waals surface area contributed by atoms with Crippen molar-refractivity contribution in [1.82, 2.24) is 5.32 Å². The average Bonchev–Trinajstić information content (AvgIpc) is 2.75. The van der Waals surface area contributed by atoms with Crippen molar-refractivity contribution in [3.8, 4) is 0 Å². The Kier molecular flexibility index (Phi) is 7.28. The summed E-state index contributed by atoms with van der Waals surface area (Å²) in [4.78, 5) is 27.5. The number of rotatable bonds is 7. The summed E-state index contributed by atoms with van der Waals surface area (Å²) in [6.45, 7) is 5.87. The van der Waals surface area contributed by atoms with Gasteiger partial charge in [0.1, 0.15) is 0 Å². The lowest BCUT2D eigenvalue weighted by molar-refractivity contribution is -0.116. The number of nitrogens with one attached hydrogen (secondary N) is 2. The molecule has 2 aromatic rings. The van der Waals surface area contributed by atoms with Gasteiger partial charge in [-0.15, -0.1) is 0 Å². The van der Waals surface area contributed by atoms with E-state index in [1.807, 2.05) is 62.4 Å². The van der Waals surface area contributed by atoms with E-state index in [-0.39, 0.29) is 17.9 Å². The van der Waals surface area contributed by atoms with Crippen molar-refractivity contribution in [1.29, 1.82) is 0 Å². The number of piperidine rings is 1. The van der Waals surface area contributed by atoms with Gasteiger partial charge in [0, 0.05) is 30.9 Å². The Morgan fingerprint density at radius 3 is 2.45 bits per heavy atom. The molecule has 0 unspecified atom stereocenters. The molecule has 1 atom stereocenters. The molecule has 2 aromatic carbocycles. The van der Waals surface area contributed by atoms with Crippen molar-refractivity contribution >= 4 is 23.2 Å². The first-order valence-electron chi connectivity index (χ1n) is 10.6. The SMILES string of the molecule is CCCC(=O)Nc1ccc(N2CCCCC2)c(C(=O)N[C@H](C)c2ccccc2)c1. The van der Waals surface area contributed by atoms with Crippen LogP contribution in [0.1, 0.15) is 67.9 Å². The average molecular weight is 394 g/mol. The Balaban J connectivity index is 1.85. The highest BCUT2D eigenvalue weighted by Gasteiger charge is 2.21. The molecule has 3 rings (SSSR count). The third-order valence-electron chi connectivity index (χ3n) is 5.35. The number of anilines is 2. The van der Waals surface area contributed by atoms with Crippen LogP contribution >= 0.6 is 0 Å². The molecule has 2 amide bonds. The molecule has 0 bridgehead atoms. The van der Waals surface area contributed by atoms with Crippen LogP contribution in [0.5, 0.6) is 0 Å². The van der Waals surface area contributed by atoms with Gasteiger partial charge in [-0.3, -0.25) is 9.59 Å². The Labute approximate surface area is 173 Å². The molecule has 5 heteroatoms. The molecule has 1 aliphatic heterocycles. The number of benzene rings is 2. The summed E-state index contributed by atoms with van der Waals surface area (Å²) in [7, 11) is 0. The molecule has 1 heterocycles. The van der Waals surface area contributed by atoms with Crippen molar-refractivity contribution in [2.45, 2.75) is 52.0 Å². The molecular formula is C24H31N3O2. The molecule has 29 heavy (non-hydrogen) atoms. The van der Waals surface area contributed by atoms with Gasteiger partial charge in [-0.2, -0.15) is 0 Å². The zero-order valence-electron chi connectivity index (χ0n) is 17.4. The summed E-state index contributed by atoms with van der Waals surface area (Å²) in [5.74, 6) is -0.143. The predicted molar refractivity (Wildman–Crippen MR) is 118 cm³/mol. The summed E-state index contributed by atoms with van der Waals surface area (Å²) in [5.41, 5.74) is 3.29. The standard InChI is InChI=1S/C24H31N3O2/c1-3-10-23(28)26-20-13-14-22(27-15-8-5-9-16-27)21(17-20)24(29)25-18(2)19-11-6-4-7-12-19/h4,6-7,11-14,17-18H,3,5,8-10,15-16H2,1-2H3,(H,25,29)(H,26,28)/t18-/m1/s1. The number of hydrogen-bond acceptors (Lipinski definition) is 3. The molecule has 0 aliphatic carbocycles. The second-order valence-corrected chi connectivity index (χ2v) is 7.68. The molecular weight excluding hydrogens is 362 g/mol. The van der Waals surface area contributed by atoms with Gasteiger partial charge in [-0.25, -0.2) is 0 Å². The van der Waals surface area contributed by atoms with Crippen LogP contribution < -0.4 is 15.5 Å². The highest BCUT2D eigenvalue weighted by Crippen LogP contribution is 2.28. The van der Waals surface area contributed by atoms with Crippen molar-refractivity contribution < 1.29 is 9.59 Å². The van der Waals surface area contributed by atoms with E-state index in [2.05, 4.69) is 15.5 Å². The first kappa shape index (κ1) is 20.9. The summed E-state index contributed by atoms with van der Waals surface area (Å²) in [5, 5.41) is 6.04. The van der Waals surface area contributed by atoms with Crippen LogP contribution in [0, 0.1) is 0 Å². The third kappa shape index (κ3) is 5.59. The maximum Gasteiger partial charge on any atom is 0.253 e. The van der Waals surface area contributed by atoms with E-state index in [1.165, 1.54) is 6.42 Å². The normalized spacial score (nSPS) is 14.9. The zero-order chi connectivity index (χ0) is 20.6. The second kappa shape index (κ2) is 10.1. The van der Waals surface area contributed by atoms with Crippen LogP contribution in [-0.2, 0) is 4.79 Å². The predicted octanol–water partition coefficient (Wildman–Crippen LogP) is 4.91. The van der Waals surface area contributed by atoms with E-state index in [0.29, 0.717) is 17.7 Å². The Bertz CT molecular complexity index is 829. The van der Waals surface area contributed by atoms with Crippen LogP contribution in [-0.4, -0.2) is 24.9 Å². The highest BCUT2D eigenvalue weighted by atomic mass is 16.2. The van der Waals surface area contributed by atoms with Crippen molar-refractivity contribution in [3.05, 3.63) is 59.7 Å². The van der Waals surface area contributed by atoms with Crippen molar-refractivity contribution in [3.63, 3.8) is 0 Å². The van der Waals surface area contributed by atoms with E-state index < -0.39 is 0 Å². The fourth-order valence-corrected chi connectivity index (χ4v) is 3.76. The first-order valence-corrected chi connectivity index (χ1v) is 10.6. The Morgan fingerprint density at radius 2 is 1.76 bits per heavy atom. The van der Waals surface area contributed by atoms with Crippen LogP contribution in [0.2, 0.25) is 0 Å². The molecule has 154 valence electrons. The van der Waals surface area contributed by atoms with Gasteiger partial charge in [0.05, 0.1) is 11.6 Å². The van der Waals surface area contributed by atoms with Gasteiger partial charge in [0.25, 0.3) is 5.91 Å². The maximum atomic E-state index is 13.2. The van der Waals surface area contributed by atoms with Crippen LogP contribution in [0.25, 0.3) is 0 Å². The first-order chi connectivity index (χ1) is 14.1. The minimum absolute atomic E-state index is 0.0257. The van der Waals surface area contributed by atoms with E-state index >= 15 is 0 Å². The minimum atomic E-state index is -0.117. The van der Waals surface area contributed by atoms with Crippen LogP contribution in [0.15, 0.2) is 48.5 Å². The van der Waals surface area contributed by atoms with E-state index in [9.17, 15) is 9.59 Å². The molecule has 1 fully saturated rings. The number of carbonyl (C=O) groups excluding carboxylic acids is 2. The Morgan fingerprint density at radius 1 is 1.03 bits per heavy atom. The Hall–Kier alpha value is -2.82. The molecule has 0 radical (unpaired) electrons. The highest BCUT2D eigenvalue weighted by molar-refractivity contribution is 6.02. The van der Waals surface area contributed by atoms with Crippen LogP contribution in [0.4, 0.5) is 11.4 Å².